The minimum atomic E-state index is -0.255. The summed E-state index contributed by atoms with van der Waals surface area (Å²) >= 11 is 0. The molecule has 0 aliphatic carbocycles. The van der Waals surface area contributed by atoms with E-state index in [-0.39, 0.29) is 16.3 Å². The van der Waals surface area contributed by atoms with Gasteiger partial charge in [-0.15, -0.1) is 0 Å². The molecule has 0 radical (unpaired) electrons. The molecule has 0 aliphatic rings. The Morgan fingerprint density at radius 2 is 0.971 bits per heavy atom. The largest absolute Gasteiger partial charge is 0.182 e. The van der Waals surface area contributed by atoms with Crippen LogP contribution in [-0.2, 0) is 16.3 Å². The summed E-state index contributed by atoms with van der Waals surface area (Å²) in [4.78, 5) is 4.13. The molecule has 0 saturated carbocycles. The third-order valence-electron chi connectivity index (χ3n) is 6.84. The quantitative estimate of drug-likeness (QED) is 0.179. The predicted octanol–water partition coefficient (Wildman–Crippen LogP) is 9.54. The molecule has 0 bridgehead atoms. The Kier molecular flexibility index (Phi) is 5.39. The number of benzene rings is 6. The monoisotopic (exact) mass is 469 g/mol. The van der Waals surface area contributed by atoms with Crippen molar-refractivity contribution < 1.29 is 0 Å². The second-order valence-corrected chi connectivity index (χ2v) is 12.2. The molecular formula is C34H29S+. The van der Waals surface area contributed by atoms with Crippen molar-refractivity contribution >= 4 is 43.2 Å². The van der Waals surface area contributed by atoms with E-state index in [1.807, 2.05) is 0 Å². The summed E-state index contributed by atoms with van der Waals surface area (Å²) in [6.07, 6.45) is 0. The van der Waals surface area contributed by atoms with Crippen LogP contribution < -0.4 is 0 Å². The normalized spacial score (nSPS) is 12.9. The van der Waals surface area contributed by atoms with Crippen molar-refractivity contribution in [2.45, 2.75) is 40.9 Å². The zero-order valence-corrected chi connectivity index (χ0v) is 21.3. The van der Waals surface area contributed by atoms with Gasteiger partial charge in [0.25, 0.3) is 0 Å². The van der Waals surface area contributed by atoms with Crippen molar-refractivity contribution in [1.82, 2.24) is 0 Å². The van der Waals surface area contributed by atoms with E-state index < -0.39 is 0 Å². The van der Waals surface area contributed by atoms with E-state index in [4.69, 9.17) is 0 Å². The number of rotatable bonds is 3. The van der Waals surface area contributed by atoms with Gasteiger partial charge in [-0.3, -0.25) is 0 Å². The van der Waals surface area contributed by atoms with Gasteiger partial charge in [-0.25, -0.2) is 0 Å². The molecule has 0 fully saturated rings. The highest BCUT2D eigenvalue weighted by Gasteiger charge is 2.33. The van der Waals surface area contributed by atoms with Crippen molar-refractivity contribution in [2.24, 2.45) is 0 Å². The average Bonchev–Trinajstić information content (AvgIpc) is 2.88. The van der Waals surface area contributed by atoms with Crippen molar-refractivity contribution in [3.8, 4) is 0 Å². The molecule has 0 saturated heterocycles. The van der Waals surface area contributed by atoms with Crippen LogP contribution in [0.4, 0.5) is 0 Å². The first-order valence-electron chi connectivity index (χ1n) is 12.2. The van der Waals surface area contributed by atoms with Crippen molar-refractivity contribution in [2.75, 3.05) is 0 Å². The van der Waals surface area contributed by atoms with Crippen molar-refractivity contribution in [1.29, 1.82) is 0 Å². The molecule has 0 N–H and O–H groups in total. The molecule has 170 valence electrons. The lowest BCUT2D eigenvalue weighted by Crippen LogP contribution is -2.12. The minimum Gasteiger partial charge on any atom is -0.0616 e. The predicted molar refractivity (Wildman–Crippen MR) is 153 cm³/mol. The maximum absolute atomic E-state index is 2.40. The van der Waals surface area contributed by atoms with Crippen molar-refractivity contribution in [3.05, 3.63) is 127 Å². The summed E-state index contributed by atoms with van der Waals surface area (Å²) in [6.45, 7) is 6.84. The lowest BCUT2D eigenvalue weighted by Gasteiger charge is -2.19. The Hall–Kier alpha value is -3.55. The van der Waals surface area contributed by atoms with Crippen LogP contribution in [0.3, 0.4) is 0 Å². The van der Waals surface area contributed by atoms with E-state index in [2.05, 4.69) is 142 Å². The third kappa shape index (κ3) is 4.00. The summed E-state index contributed by atoms with van der Waals surface area (Å²) < 4.78 is 0. The molecule has 1 unspecified atom stereocenters. The van der Waals surface area contributed by atoms with Crippen LogP contribution in [-0.4, -0.2) is 0 Å². The molecule has 6 rings (SSSR count). The van der Waals surface area contributed by atoms with E-state index in [0.717, 1.165) is 0 Å². The molecule has 6 aromatic rings. The fraction of sp³-hybridized carbons (Fsp3) is 0.118. The summed E-state index contributed by atoms with van der Waals surface area (Å²) in [7, 11) is -0.255. The first kappa shape index (κ1) is 21.9. The molecule has 1 heteroatoms. The highest BCUT2D eigenvalue weighted by atomic mass is 32.2. The highest BCUT2D eigenvalue weighted by Crippen LogP contribution is 2.41. The van der Waals surface area contributed by atoms with Crippen LogP contribution >= 0.6 is 0 Å². The molecule has 0 amide bonds. The Morgan fingerprint density at radius 3 is 1.57 bits per heavy atom. The van der Waals surface area contributed by atoms with Crippen LogP contribution in [0.5, 0.6) is 0 Å². The molecule has 0 nitrogen and oxygen atoms in total. The van der Waals surface area contributed by atoms with E-state index in [9.17, 15) is 0 Å². The summed E-state index contributed by atoms with van der Waals surface area (Å²) in [5, 5.41) is 7.84. The number of fused-ring (bicyclic) bond motifs is 3. The molecule has 1 atom stereocenters. The van der Waals surface area contributed by atoms with Gasteiger partial charge in [-0.2, -0.15) is 0 Å². The number of hydrogen-bond donors (Lipinski definition) is 0. The molecule has 35 heavy (non-hydrogen) atoms. The van der Waals surface area contributed by atoms with E-state index in [0.29, 0.717) is 0 Å². The lowest BCUT2D eigenvalue weighted by atomic mass is 9.87. The van der Waals surface area contributed by atoms with E-state index >= 15 is 0 Å². The number of hydrogen-bond acceptors (Lipinski definition) is 0. The zero-order valence-electron chi connectivity index (χ0n) is 20.5. The maximum Gasteiger partial charge on any atom is 0.182 e. The van der Waals surface area contributed by atoms with Crippen LogP contribution in [0.25, 0.3) is 32.3 Å². The summed E-state index contributed by atoms with van der Waals surface area (Å²) in [6, 6.07) is 45.1. The van der Waals surface area contributed by atoms with Gasteiger partial charge < -0.3 is 0 Å². The van der Waals surface area contributed by atoms with Crippen LogP contribution in [0, 0.1) is 0 Å². The highest BCUT2D eigenvalue weighted by molar-refractivity contribution is 7.97. The van der Waals surface area contributed by atoms with E-state index in [1.54, 1.807) is 0 Å². The van der Waals surface area contributed by atoms with Gasteiger partial charge in [-0.05, 0) is 75.0 Å². The van der Waals surface area contributed by atoms with Crippen LogP contribution in [0.1, 0.15) is 26.3 Å². The first-order valence-corrected chi connectivity index (χ1v) is 13.5. The smallest absolute Gasteiger partial charge is 0.0616 e. The van der Waals surface area contributed by atoms with Crippen molar-refractivity contribution in [3.63, 3.8) is 0 Å². The molecule has 0 heterocycles. The van der Waals surface area contributed by atoms with Gasteiger partial charge in [0.05, 0.1) is 0 Å². The fourth-order valence-corrected chi connectivity index (χ4v) is 7.36. The van der Waals surface area contributed by atoms with Gasteiger partial charge in [0.2, 0.25) is 0 Å². The maximum atomic E-state index is 2.40. The Bertz CT molecular complexity index is 1620. The Morgan fingerprint density at radius 1 is 0.457 bits per heavy atom. The van der Waals surface area contributed by atoms with Crippen LogP contribution in [0.2, 0.25) is 0 Å². The van der Waals surface area contributed by atoms with Gasteiger partial charge in [0.1, 0.15) is 10.9 Å². The molecule has 0 aliphatic heterocycles. The SMILES string of the molecule is CC(C)(C)c1ccc([S+](c2ccc3ccccc3c2)c2c3ccccc3cc3ccccc23)cc1. The molecular weight excluding hydrogens is 440 g/mol. The Balaban J connectivity index is 1.68. The fourth-order valence-electron chi connectivity index (χ4n) is 4.95. The summed E-state index contributed by atoms with van der Waals surface area (Å²) in [5.41, 5.74) is 1.50. The standard InChI is InChI=1S/C34H29S/c1-34(2,3)28-17-20-29(21-18-28)35(30-19-16-24-10-4-5-11-25(24)23-30)33-31-14-8-6-12-26(31)22-27-13-7-9-15-32(27)33/h4-23H,1-3H3/q+1. The Labute approximate surface area is 210 Å². The molecule has 6 aromatic carbocycles. The van der Waals surface area contributed by atoms with Gasteiger partial charge in [-0.1, -0.05) is 93.6 Å². The lowest BCUT2D eigenvalue weighted by molar-refractivity contribution is 0.589. The first-order chi connectivity index (χ1) is 17.0. The topological polar surface area (TPSA) is 0 Å². The van der Waals surface area contributed by atoms with Gasteiger partial charge in [0.15, 0.2) is 14.7 Å². The summed E-state index contributed by atoms with van der Waals surface area (Å²) in [5.74, 6) is 0. The van der Waals surface area contributed by atoms with Crippen LogP contribution in [0.15, 0.2) is 136 Å². The zero-order chi connectivity index (χ0) is 24.0. The van der Waals surface area contributed by atoms with E-state index in [1.165, 1.54) is 52.6 Å². The second-order valence-electron chi connectivity index (χ2n) is 10.2. The minimum absolute atomic E-state index is 0.131. The molecule has 0 spiro atoms. The van der Waals surface area contributed by atoms with Gasteiger partial charge in [0, 0.05) is 16.8 Å². The second kappa shape index (κ2) is 8.59. The van der Waals surface area contributed by atoms with Gasteiger partial charge >= 0.3 is 0 Å². The molecule has 0 aromatic heterocycles. The third-order valence-corrected chi connectivity index (χ3v) is 9.16. The average molecular weight is 470 g/mol.